The summed E-state index contributed by atoms with van der Waals surface area (Å²) in [6.45, 7) is 1.87. The van der Waals surface area contributed by atoms with Gasteiger partial charge in [-0.3, -0.25) is 4.79 Å². The molecule has 0 aliphatic carbocycles. The van der Waals surface area contributed by atoms with Gasteiger partial charge in [0.2, 0.25) is 0 Å². The summed E-state index contributed by atoms with van der Waals surface area (Å²) in [5.41, 5.74) is 1.93. The van der Waals surface area contributed by atoms with E-state index in [2.05, 4.69) is 27.9 Å². The lowest BCUT2D eigenvalue weighted by Crippen LogP contribution is -2.14. The fourth-order valence-electron chi connectivity index (χ4n) is 1.90. The van der Waals surface area contributed by atoms with Crippen molar-refractivity contribution in [1.82, 2.24) is 0 Å². The number of anilines is 1. The normalized spacial score (nSPS) is 11.0. The van der Waals surface area contributed by atoms with E-state index in [4.69, 9.17) is 0 Å². The molecule has 0 aliphatic heterocycles. The maximum atomic E-state index is 12.3. The summed E-state index contributed by atoms with van der Waals surface area (Å²) in [6, 6.07) is 12.8. The summed E-state index contributed by atoms with van der Waals surface area (Å²) in [7, 11) is 0. The Morgan fingerprint density at radius 2 is 2.00 bits per heavy atom. The number of aromatic hydroxyl groups is 1. The molecule has 0 atom stereocenters. The van der Waals surface area contributed by atoms with Crippen molar-refractivity contribution in [2.24, 2.45) is 0 Å². The Kier molecular flexibility index (Phi) is 6.01. The number of aryl methyl sites for hydroxylation is 1. The zero-order chi connectivity index (χ0) is 17.0. The largest absolute Gasteiger partial charge is 0.506 e. The van der Waals surface area contributed by atoms with Gasteiger partial charge in [-0.05, 0) is 81.9 Å². The Morgan fingerprint density at radius 1 is 1.30 bits per heavy atom. The van der Waals surface area contributed by atoms with E-state index < -0.39 is 5.91 Å². The number of carbonyl (C=O) groups is 1. The number of para-hydroxylation sites is 1. The van der Waals surface area contributed by atoms with Crippen molar-refractivity contribution in [1.29, 1.82) is 5.26 Å². The van der Waals surface area contributed by atoms with Gasteiger partial charge in [0.25, 0.3) is 5.91 Å². The van der Waals surface area contributed by atoms with Gasteiger partial charge >= 0.3 is 0 Å². The summed E-state index contributed by atoms with van der Waals surface area (Å²) in [5.74, 6) is -0.447. The van der Waals surface area contributed by atoms with Crippen molar-refractivity contribution in [3.05, 3.63) is 60.2 Å². The number of nitrogens with zero attached hydrogens (tertiary/aromatic N) is 1. The van der Waals surface area contributed by atoms with Crippen molar-refractivity contribution in [3.63, 3.8) is 0 Å². The van der Waals surface area contributed by atoms with Gasteiger partial charge in [0.1, 0.15) is 17.4 Å². The van der Waals surface area contributed by atoms with E-state index in [9.17, 15) is 15.2 Å². The van der Waals surface area contributed by atoms with Gasteiger partial charge in [-0.1, -0.05) is 18.2 Å². The van der Waals surface area contributed by atoms with Crippen LogP contribution < -0.4 is 5.32 Å². The molecular weight excluding hydrogens is 518 g/mol. The number of phenolic OH excluding ortho intramolecular Hbond substituents is 1. The van der Waals surface area contributed by atoms with Gasteiger partial charge < -0.3 is 10.4 Å². The van der Waals surface area contributed by atoms with E-state index in [1.807, 2.05) is 59.8 Å². The molecule has 2 aromatic carbocycles. The molecule has 0 saturated carbocycles. The summed E-state index contributed by atoms with van der Waals surface area (Å²) < 4.78 is 1.57. The summed E-state index contributed by atoms with van der Waals surface area (Å²) in [4.78, 5) is 12.3. The van der Waals surface area contributed by atoms with Crippen LogP contribution in [-0.4, -0.2) is 11.0 Å². The molecule has 23 heavy (non-hydrogen) atoms. The van der Waals surface area contributed by atoms with Crippen LogP contribution in [0.25, 0.3) is 6.08 Å². The van der Waals surface area contributed by atoms with Gasteiger partial charge in [-0.15, -0.1) is 0 Å². The molecule has 4 nitrogen and oxygen atoms in total. The van der Waals surface area contributed by atoms with E-state index in [1.165, 1.54) is 6.08 Å². The third-order valence-electron chi connectivity index (χ3n) is 3.12. The van der Waals surface area contributed by atoms with Crippen LogP contribution in [0.1, 0.15) is 11.1 Å². The average molecular weight is 530 g/mol. The molecule has 2 rings (SSSR count). The lowest BCUT2D eigenvalue weighted by atomic mass is 10.1. The maximum Gasteiger partial charge on any atom is 0.266 e. The number of benzene rings is 2. The first kappa shape index (κ1) is 17.7. The number of nitrogens with one attached hydrogen (secondary N) is 1. The molecule has 116 valence electrons. The lowest BCUT2D eigenvalue weighted by Gasteiger charge is -2.08. The van der Waals surface area contributed by atoms with Crippen molar-refractivity contribution >= 4 is 62.9 Å². The first-order valence-corrected chi connectivity index (χ1v) is 8.75. The molecule has 0 aromatic heterocycles. The molecule has 0 heterocycles. The molecule has 2 N–H and O–H groups in total. The molecule has 0 fully saturated rings. The Hall–Kier alpha value is -1.60. The van der Waals surface area contributed by atoms with Crippen LogP contribution in [0.5, 0.6) is 5.75 Å². The number of hydrogen-bond donors (Lipinski definition) is 2. The molecule has 0 unspecified atom stereocenters. The third kappa shape index (κ3) is 4.45. The van der Waals surface area contributed by atoms with Crippen molar-refractivity contribution in [2.45, 2.75) is 6.92 Å². The predicted molar refractivity (Wildman–Crippen MR) is 107 cm³/mol. The number of amides is 1. The molecule has 6 heteroatoms. The van der Waals surface area contributed by atoms with Gasteiger partial charge in [-0.25, -0.2) is 0 Å². The second kappa shape index (κ2) is 7.79. The Balaban J connectivity index is 2.35. The quantitative estimate of drug-likeness (QED) is 0.350. The fraction of sp³-hybridized carbons (Fsp3) is 0.0588. The van der Waals surface area contributed by atoms with Crippen LogP contribution in [0.2, 0.25) is 0 Å². The second-order valence-electron chi connectivity index (χ2n) is 4.76. The minimum absolute atomic E-state index is 0.0578. The summed E-state index contributed by atoms with van der Waals surface area (Å²) in [6.07, 6.45) is 1.40. The van der Waals surface area contributed by atoms with Crippen molar-refractivity contribution in [3.8, 4) is 11.8 Å². The van der Waals surface area contributed by atoms with Gasteiger partial charge in [-0.2, -0.15) is 5.26 Å². The van der Waals surface area contributed by atoms with E-state index in [-0.39, 0.29) is 11.3 Å². The Morgan fingerprint density at radius 3 is 2.65 bits per heavy atom. The van der Waals surface area contributed by atoms with Gasteiger partial charge in [0.05, 0.1) is 3.57 Å². The molecule has 2 aromatic rings. The highest BCUT2D eigenvalue weighted by Crippen LogP contribution is 2.29. The SMILES string of the molecule is Cc1ccccc1NC(=O)/C(C#N)=C\c1cc(I)cc(I)c1O. The maximum absolute atomic E-state index is 12.3. The van der Waals surface area contributed by atoms with Crippen LogP contribution in [0.4, 0.5) is 5.69 Å². The molecule has 0 bridgehead atoms. The summed E-state index contributed by atoms with van der Waals surface area (Å²) >= 11 is 4.13. The molecule has 0 spiro atoms. The number of nitriles is 1. The highest BCUT2D eigenvalue weighted by Gasteiger charge is 2.13. The van der Waals surface area contributed by atoms with Crippen molar-refractivity contribution < 1.29 is 9.90 Å². The molecule has 0 radical (unpaired) electrons. The van der Waals surface area contributed by atoms with Crippen LogP contribution in [0.3, 0.4) is 0 Å². The van der Waals surface area contributed by atoms with Gasteiger partial charge in [0.15, 0.2) is 0 Å². The fourth-order valence-corrected chi connectivity index (χ4v) is 3.79. The topological polar surface area (TPSA) is 73.1 Å². The first-order chi connectivity index (χ1) is 10.9. The highest BCUT2D eigenvalue weighted by atomic mass is 127. The monoisotopic (exact) mass is 530 g/mol. The zero-order valence-corrected chi connectivity index (χ0v) is 16.4. The molecule has 0 saturated heterocycles. The van der Waals surface area contributed by atoms with Crippen LogP contribution in [0, 0.1) is 25.4 Å². The first-order valence-electron chi connectivity index (χ1n) is 6.59. The van der Waals surface area contributed by atoms with Crippen LogP contribution in [0.15, 0.2) is 42.0 Å². The van der Waals surface area contributed by atoms with Crippen LogP contribution in [-0.2, 0) is 4.79 Å². The standard InChI is InChI=1S/C17H12I2N2O2/c1-10-4-2-3-5-15(10)21-17(23)12(9-20)6-11-7-13(18)8-14(19)16(11)22/h2-8,22H,1H3,(H,21,23)/b12-6-. The molecular formula is C17H12I2N2O2. The summed E-state index contributed by atoms with van der Waals surface area (Å²) in [5, 5.41) is 22.1. The second-order valence-corrected chi connectivity index (χ2v) is 7.17. The van der Waals surface area contributed by atoms with E-state index in [0.717, 1.165) is 9.13 Å². The Bertz CT molecular complexity index is 839. The number of hydrogen-bond acceptors (Lipinski definition) is 3. The number of halogens is 2. The lowest BCUT2D eigenvalue weighted by molar-refractivity contribution is -0.112. The molecule has 0 aliphatic rings. The smallest absolute Gasteiger partial charge is 0.266 e. The predicted octanol–water partition coefficient (Wildman–Crippen LogP) is 4.46. The third-order valence-corrected chi connectivity index (χ3v) is 4.56. The van der Waals surface area contributed by atoms with E-state index in [0.29, 0.717) is 14.8 Å². The number of carbonyl (C=O) groups excluding carboxylic acids is 1. The van der Waals surface area contributed by atoms with E-state index in [1.54, 1.807) is 12.1 Å². The average Bonchev–Trinajstić information content (AvgIpc) is 2.51. The van der Waals surface area contributed by atoms with Crippen LogP contribution >= 0.6 is 45.2 Å². The van der Waals surface area contributed by atoms with E-state index >= 15 is 0 Å². The van der Waals surface area contributed by atoms with Crippen molar-refractivity contribution in [2.75, 3.05) is 5.32 Å². The number of phenols is 1. The highest BCUT2D eigenvalue weighted by molar-refractivity contribution is 14.1. The Labute approximate surface area is 161 Å². The number of rotatable bonds is 3. The van der Waals surface area contributed by atoms with Gasteiger partial charge in [0, 0.05) is 14.8 Å². The minimum Gasteiger partial charge on any atom is -0.506 e. The minimum atomic E-state index is -0.505. The zero-order valence-electron chi connectivity index (χ0n) is 12.1. The molecule has 1 amide bonds.